The first-order chi connectivity index (χ1) is 12.3. The van der Waals surface area contributed by atoms with E-state index in [2.05, 4.69) is 4.98 Å². The molecule has 0 atom stereocenters. The Morgan fingerprint density at radius 3 is 2.50 bits per heavy atom. The molecule has 1 saturated heterocycles. The number of anilines is 1. The molecule has 2 aromatic rings. The number of aryl methyl sites for hydroxylation is 1. The monoisotopic (exact) mass is 395 g/mol. The number of carboxylic acids is 1. The van der Waals surface area contributed by atoms with Crippen LogP contribution in [-0.4, -0.2) is 55.0 Å². The molecule has 0 unspecified atom stereocenters. The van der Waals surface area contributed by atoms with E-state index in [1.54, 1.807) is 23.1 Å². The zero-order valence-corrected chi connectivity index (χ0v) is 15.7. The topological polar surface area (TPSA) is 90.8 Å². The molecule has 0 radical (unpaired) electrons. The van der Waals surface area contributed by atoms with Crippen molar-refractivity contribution in [1.82, 2.24) is 9.29 Å². The van der Waals surface area contributed by atoms with E-state index in [-0.39, 0.29) is 23.5 Å². The Bertz CT molecular complexity index is 941. The Morgan fingerprint density at radius 2 is 1.88 bits per heavy atom. The summed E-state index contributed by atoms with van der Waals surface area (Å²) < 4.78 is 27.0. The summed E-state index contributed by atoms with van der Waals surface area (Å²) in [4.78, 5) is 17.4. The average Bonchev–Trinajstić information content (AvgIpc) is 2.64. The molecule has 9 heteroatoms. The van der Waals surface area contributed by atoms with Crippen LogP contribution in [0.3, 0.4) is 0 Å². The Hall–Kier alpha value is -2.16. The summed E-state index contributed by atoms with van der Waals surface area (Å²) in [5.74, 6) is -0.701. The summed E-state index contributed by atoms with van der Waals surface area (Å²) >= 11 is 6.05. The quantitative estimate of drug-likeness (QED) is 0.853. The first-order valence-electron chi connectivity index (χ1n) is 8.00. The number of carboxylic acid groups (broad SMARTS) is 1. The molecule has 1 aromatic heterocycles. The van der Waals surface area contributed by atoms with Gasteiger partial charge in [0.2, 0.25) is 10.0 Å². The number of rotatable bonds is 4. The first kappa shape index (κ1) is 18.6. The number of hydrogen-bond acceptors (Lipinski definition) is 5. The van der Waals surface area contributed by atoms with Crippen molar-refractivity contribution in [1.29, 1.82) is 0 Å². The fraction of sp³-hybridized carbons (Fsp3) is 0.294. The summed E-state index contributed by atoms with van der Waals surface area (Å²) in [7, 11) is -3.65. The van der Waals surface area contributed by atoms with E-state index in [0.717, 1.165) is 5.56 Å². The van der Waals surface area contributed by atoms with Crippen LogP contribution in [0.1, 0.15) is 15.9 Å². The van der Waals surface area contributed by atoms with E-state index in [0.29, 0.717) is 23.9 Å². The van der Waals surface area contributed by atoms with Gasteiger partial charge < -0.3 is 10.0 Å². The maximum Gasteiger partial charge on any atom is 0.339 e. The van der Waals surface area contributed by atoms with Crippen LogP contribution in [0.2, 0.25) is 5.02 Å². The highest BCUT2D eigenvalue weighted by Crippen LogP contribution is 2.25. The van der Waals surface area contributed by atoms with Gasteiger partial charge in [0.15, 0.2) is 0 Å². The fourth-order valence-corrected chi connectivity index (χ4v) is 4.53. The van der Waals surface area contributed by atoms with Crippen LogP contribution in [0.4, 0.5) is 5.82 Å². The third kappa shape index (κ3) is 3.53. The minimum Gasteiger partial charge on any atom is -0.478 e. The lowest BCUT2D eigenvalue weighted by atomic mass is 10.2. The molecular formula is C17H18ClN3O4S. The molecule has 0 bridgehead atoms. The molecule has 1 aromatic carbocycles. The van der Waals surface area contributed by atoms with Crippen molar-refractivity contribution >= 4 is 33.4 Å². The molecular weight excluding hydrogens is 378 g/mol. The molecule has 26 heavy (non-hydrogen) atoms. The molecule has 2 heterocycles. The lowest BCUT2D eigenvalue weighted by Gasteiger charge is -2.35. The number of hydrogen-bond donors (Lipinski definition) is 1. The zero-order chi connectivity index (χ0) is 18.9. The van der Waals surface area contributed by atoms with E-state index in [1.165, 1.54) is 22.6 Å². The minimum absolute atomic E-state index is 0.106. The summed E-state index contributed by atoms with van der Waals surface area (Å²) in [5.41, 5.74) is 0.918. The van der Waals surface area contributed by atoms with Crippen molar-refractivity contribution in [3.8, 4) is 0 Å². The number of halogens is 1. The number of carbonyl (C=O) groups is 1. The number of aromatic carboxylic acids is 1. The number of sulfonamides is 1. The van der Waals surface area contributed by atoms with Crippen LogP contribution in [0.15, 0.2) is 41.4 Å². The third-order valence-electron chi connectivity index (χ3n) is 4.34. The van der Waals surface area contributed by atoms with Crippen LogP contribution in [0.25, 0.3) is 0 Å². The number of pyridine rings is 1. The standard InChI is InChI=1S/C17H18ClN3O4S/c1-12-4-5-13(11-15(12)18)26(24,25)21-9-7-20(8-10-21)16-14(17(22)23)3-2-6-19-16/h2-6,11H,7-10H2,1H3,(H,22,23). The van der Waals surface area contributed by atoms with Gasteiger partial charge in [0.1, 0.15) is 11.4 Å². The van der Waals surface area contributed by atoms with E-state index < -0.39 is 16.0 Å². The molecule has 1 fully saturated rings. The van der Waals surface area contributed by atoms with Gasteiger partial charge >= 0.3 is 5.97 Å². The van der Waals surface area contributed by atoms with E-state index in [4.69, 9.17) is 11.6 Å². The van der Waals surface area contributed by atoms with Crippen molar-refractivity contribution in [2.45, 2.75) is 11.8 Å². The summed E-state index contributed by atoms with van der Waals surface area (Å²) in [6.07, 6.45) is 1.53. The van der Waals surface area contributed by atoms with Crippen LogP contribution in [0, 0.1) is 6.92 Å². The van der Waals surface area contributed by atoms with Crippen LogP contribution in [-0.2, 0) is 10.0 Å². The predicted molar refractivity (Wildman–Crippen MR) is 98.4 cm³/mol. The van der Waals surface area contributed by atoms with Crippen LogP contribution >= 0.6 is 11.6 Å². The average molecular weight is 396 g/mol. The fourth-order valence-electron chi connectivity index (χ4n) is 2.84. The van der Waals surface area contributed by atoms with Gasteiger partial charge in [-0.25, -0.2) is 18.2 Å². The molecule has 1 aliphatic rings. The highest BCUT2D eigenvalue weighted by molar-refractivity contribution is 7.89. The highest BCUT2D eigenvalue weighted by atomic mass is 35.5. The molecule has 0 amide bonds. The van der Waals surface area contributed by atoms with Gasteiger partial charge in [-0.3, -0.25) is 0 Å². The third-order valence-corrected chi connectivity index (χ3v) is 6.64. The lowest BCUT2D eigenvalue weighted by molar-refractivity contribution is 0.0697. The second-order valence-corrected chi connectivity index (χ2v) is 8.33. The summed E-state index contributed by atoms with van der Waals surface area (Å²) in [5, 5.41) is 9.70. The molecule has 0 saturated carbocycles. The lowest BCUT2D eigenvalue weighted by Crippen LogP contribution is -2.49. The largest absolute Gasteiger partial charge is 0.478 e. The highest BCUT2D eigenvalue weighted by Gasteiger charge is 2.30. The Kier molecular flexibility index (Phi) is 5.17. The second-order valence-electron chi connectivity index (χ2n) is 5.98. The Labute approximate surface area is 156 Å². The SMILES string of the molecule is Cc1ccc(S(=O)(=O)N2CCN(c3ncccc3C(=O)O)CC2)cc1Cl. The second kappa shape index (κ2) is 7.22. The maximum absolute atomic E-state index is 12.8. The molecule has 0 spiro atoms. The summed E-state index contributed by atoms with van der Waals surface area (Å²) in [6, 6.07) is 7.74. The normalized spacial score (nSPS) is 15.8. The number of benzene rings is 1. The molecule has 3 rings (SSSR count). The molecule has 7 nitrogen and oxygen atoms in total. The smallest absolute Gasteiger partial charge is 0.339 e. The molecule has 0 aliphatic carbocycles. The van der Waals surface area contributed by atoms with Gasteiger partial charge in [0, 0.05) is 37.4 Å². The van der Waals surface area contributed by atoms with Crippen molar-refractivity contribution in [2.75, 3.05) is 31.1 Å². The van der Waals surface area contributed by atoms with E-state index in [9.17, 15) is 18.3 Å². The predicted octanol–water partition coefficient (Wildman–Crippen LogP) is 2.25. The Morgan fingerprint density at radius 1 is 1.19 bits per heavy atom. The number of nitrogens with zero attached hydrogens (tertiary/aromatic N) is 3. The zero-order valence-electron chi connectivity index (χ0n) is 14.1. The van der Waals surface area contributed by atoms with Gasteiger partial charge in [-0.2, -0.15) is 4.31 Å². The Balaban J connectivity index is 1.78. The molecule has 138 valence electrons. The number of piperazine rings is 1. The van der Waals surface area contributed by atoms with Crippen molar-refractivity contribution in [3.63, 3.8) is 0 Å². The minimum atomic E-state index is -3.65. The maximum atomic E-state index is 12.8. The van der Waals surface area contributed by atoms with Crippen LogP contribution in [0.5, 0.6) is 0 Å². The number of aromatic nitrogens is 1. The van der Waals surface area contributed by atoms with Gasteiger partial charge in [0.25, 0.3) is 0 Å². The van der Waals surface area contributed by atoms with E-state index >= 15 is 0 Å². The van der Waals surface area contributed by atoms with Gasteiger partial charge in [-0.1, -0.05) is 17.7 Å². The van der Waals surface area contributed by atoms with Crippen molar-refractivity contribution in [3.05, 3.63) is 52.7 Å². The first-order valence-corrected chi connectivity index (χ1v) is 9.82. The molecule has 1 aliphatic heterocycles. The van der Waals surface area contributed by atoms with Gasteiger partial charge in [0.05, 0.1) is 4.90 Å². The van der Waals surface area contributed by atoms with Crippen molar-refractivity contribution < 1.29 is 18.3 Å². The van der Waals surface area contributed by atoms with Crippen LogP contribution < -0.4 is 4.90 Å². The van der Waals surface area contributed by atoms with Crippen molar-refractivity contribution in [2.24, 2.45) is 0 Å². The van der Waals surface area contributed by atoms with Gasteiger partial charge in [-0.15, -0.1) is 0 Å². The molecule has 1 N–H and O–H groups in total. The van der Waals surface area contributed by atoms with Gasteiger partial charge in [-0.05, 0) is 36.8 Å². The summed E-state index contributed by atoms with van der Waals surface area (Å²) in [6.45, 7) is 3.00. The van der Waals surface area contributed by atoms with E-state index in [1.807, 2.05) is 6.92 Å².